The standard InChI is InChI=1S/C10H18N4O/c1-5-7(2)14(3)10-8(15-4)9(11)12-6-13-10/h6-7H,5H2,1-4H3,(H2,11,12,13). The second-order valence-corrected chi connectivity index (χ2v) is 3.48. The number of nitrogen functional groups attached to an aromatic ring is 1. The Morgan fingerprint density at radius 1 is 1.53 bits per heavy atom. The van der Waals surface area contributed by atoms with Gasteiger partial charge in [0.25, 0.3) is 0 Å². The lowest BCUT2D eigenvalue weighted by molar-refractivity contribution is 0.412. The van der Waals surface area contributed by atoms with Crippen molar-refractivity contribution in [1.82, 2.24) is 9.97 Å². The summed E-state index contributed by atoms with van der Waals surface area (Å²) < 4.78 is 5.20. The normalized spacial score (nSPS) is 12.3. The summed E-state index contributed by atoms with van der Waals surface area (Å²) in [6, 6.07) is 0.383. The molecule has 0 saturated heterocycles. The van der Waals surface area contributed by atoms with Crippen LogP contribution < -0.4 is 15.4 Å². The molecule has 1 unspecified atom stereocenters. The Labute approximate surface area is 90.3 Å². The summed E-state index contributed by atoms with van der Waals surface area (Å²) in [5, 5.41) is 0. The van der Waals surface area contributed by atoms with Crippen molar-refractivity contribution in [1.29, 1.82) is 0 Å². The first-order valence-corrected chi connectivity index (χ1v) is 4.99. The van der Waals surface area contributed by atoms with Gasteiger partial charge in [-0.3, -0.25) is 0 Å². The van der Waals surface area contributed by atoms with Gasteiger partial charge in [0.2, 0.25) is 5.75 Å². The van der Waals surface area contributed by atoms with Crippen molar-refractivity contribution < 1.29 is 4.74 Å². The highest BCUT2D eigenvalue weighted by molar-refractivity contribution is 5.62. The van der Waals surface area contributed by atoms with E-state index in [1.54, 1.807) is 7.11 Å². The average Bonchev–Trinajstić information content (AvgIpc) is 2.26. The maximum absolute atomic E-state index is 5.71. The van der Waals surface area contributed by atoms with Gasteiger partial charge in [0, 0.05) is 13.1 Å². The minimum atomic E-state index is 0.373. The van der Waals surface area contributed by atoms with Gasteiger partial charge in [0.15, 0.2) is 11.6 Å². The Balaban J connectivity index is 3.07. The third-order valence-electron chi connectivity index (χ3n) is 2.60. The van der Waals surface area contributed by atoms with Crippen LogP contribution in [-0.4, -0.2) is 30.2 Å². The van der Waals surface area contributed by atoms with E-state index < -0.39 is 0 Å². The van der Waals surface area contributed by atoms with Gasteiger partial charge < -0.3 is 15.4 Å². The molecular formula is C10H18N4O. The fourth-order valence-corrected chi connectivity index (χ4v) is 1.31. The van der Waals surface area contributed by atoms with Crippen LogP contribution >= 0.6 is 0 Å². The molecule has 5 heteroatoms. The number of hydrogen-bond acceptors (Lipinski definition) is 5. The smallest absolute Gasteiger partial charge is 0.204 e. The molecule has 0 aliphatic rings. The molecule has 84 valence electrons. The Morgan fingerprint density at radius 3 is 2.73 bits per heavy atom. The number of methoxy groups -OCH3 is 1. The van der Waals surface area contributed by atoms with E-state index in [9.17, 15) is 0 Å². The van der Waals surface area contributed by atoms with Gasteiger partial charge in [-0.2, -0.15) is 0 Å². The minimum Gasteiger partial charge on any atom is -0.490 e. The lowest BCUT2D eigenvalue weighted by atomic mass is 10.2. The maximum Gasteiger partial charge on any atom is 0.204 e. The Morgan fingerprint density at radius 2 is 2.20 bits per heavy atom. The highest BCUT2D eigenvalue weighted by Crippen LogP contribution is 2.30. The molecule has 1 rings (SSSR count). The van der Waals surface area contributed by atoms with Crippen LogP contribution in [0.1, 0.15) is 20.3 Å². The van der Waals surface area contributed by atoms with E-state index in [0.717, 1.165) is 12.2 Å². The molecule has 0 radical (unpaired) electrons. The number of nitrogens with two attached hydrogens (primary N) is 1. The molecule has 0 amide bonds. The first kappa shape index (κ1) is 11.6. The van der Waals surface area contributed by atoms with E-state index in [2.05, 4.69) is 23.8 Å². The van der Waals surface area contributed by atoms with Crippen molar-refractivity contribution in [2.75, 3.05) is 24.8 Å². The average molecular weight is 210 g/mol. The molecule has 1 aromatic heterocycles. The van der Waals surface area contributed by atoms with Gasteiger partial charge in [-0.15, -0.1) is 0 Å². The number of ether oxygens (including phenoxy) is 1. The molecule has 5 nitrogen and oxygen atoms in total. The summed E-state index contributed by atoms with van der Waals surface area (Å²) in [5.41, 5.74) is 5.71. The molecule has 0 saturated carbocycles. The van der Waals surface area contributed by atoms with Crippen LogP contribution in [0.2, 0.25) is 0 Å². The molecule has 0 aromatic carbocycles. The van der Waals surface area contributed by atoms with Crippen molar-refractivity contribution in [3.05, 3.63) is 6.33 Å². The van der Waals surface area contributed by atoms with Crippen molar-refractivity contribution in [2.45, 2.75) is 26.3 Å². The van der Waals surface area contributed by atoms with Crippen molar-refractivity contribution in [3.63, 3.8) is 0 Å². The summed E-state index contributed by atoms with van der Waals surface area (Å²) in [4.78, 5) is 10.1. The molecule has 1 heterocycles. The molecule has 0 fully saturated rings. The molecule has 1 atom stereocenters. The van der Waals surface area contributed by atoms with Crippen molar-refractivity contribution in [3.8, 4) is 5.75 Å². The second kappa shape index (κ2) is 4.82. The van der Waals surface area contributed by atoms with Gasteiger partial charge in [0.1, 0.15) is 6.33 Å². The highest BCUT2D eigenvalue weighted by atomic mass is 16.5. The van der Waals surface area contributed by atoms with Crippen molar-refractivity contribution in [2.24, 2.45) is 0 Å². The fraction of sp³-hybridized carbons (Fsp3) is 0.600. The Bertz CT molecular complexity index is 329. The second-order valence-electron chi connectivity index (χ2n) is 3.48. The zero-order chi connectivity index (χ0) is 11.4. The molecule has 0 aliphatic carbocycles. The van der Waals surface area contributed by atoms with Gasteiger partial charge in [-0.25, -0.2) is 9.97 Å². The molecule has 2 N–H and O–H groups in total. The van der Waals surface area contributed by atoms with Gasteiger partial charge in [-0.1, -0.05) is 6.92 Å². The van der Waals surface area contributed by atoms with Crippen LogP contribution in [0.15, 0.2) is 6.33 Å². The summed E-state index contributed by atoms with van der Waals surface area (Å²) >= 11 is 0. The number of aromatic nitrogens is 2. The van der Waals surface area contributed by atoms with Crippen LogP contribution in [0, 0.1) is 0 Å². The number of nitrogens with zero attached hydrogens (tertiary/aromatic N) is 3. The minimum absolute atomic E-state index is 0.373. The lowest BCUT2D eigenvalue weighted by Gasteiger charge is -2.26. The van der Waals surface area contributed by atoms with Gasteiger partial charge in [0.05, 0.1) is 7.11 Å². The maximum atomic E-state index is 5.71. The predicted molar refractivity (Wildman–Crippen MR) is 61.2 cm³/mol. The summed E-state index contributed by atoms with van der Waals surface area (Å²) in [7, 11) is 3.54. The van der Waals surface area contributed by atoms with Crippen LogP contribution in [0.25, 0.3) is 0 Å². The van der Waals surface area contributed by atoms with Crippen molar-refractivity contribution >= 4 is 11.6 Å². The first-order valence-electron chi connectivity index (χ1n) is 4.99. The van der Waals surface area contributed by atoms with E-state index in [1.807, 2.05) is 11.9 Å². The third-order valence-corrected chi connectivity index (χ3v) is 2.60. The summed E-state index contributed by atoms with van der Waals surface area (Å²) in [5.74, 6) is 1.65. The monoisotopic (exact) mass is 210 g/mol. The van der Waals surface area contributed by atoms with E-state index in [-0.39, 0.29) is 0 Å². The number of hydrogen-bond donors (Lipinski definition) is 1. The van der Waals surface area contributed by atoms with Crippen LogP contribution in [-0.2, 0) is 0 Å². The zero-order valence-corrected chi connectivity index (χ0v) is 9.69. The quantitative estimate of drug-likeness (QED) is 0.811. The molecule has 15 heavy (non-hydrogen) atoms. The molecule has 0 spiro atoms. The predicted octanol–water partition coefficient (Wildman–Crippen LogP) is 1.30. The zero-order valence-electron chi connectivity index (χ0n) is 9.69. The summed E-state index contributed by atoms with van der Waals surface area (Å²) in [6.07, 6.45) is 2.48. The molecule has 0 aliphatic heterocycles. The van der Waals surface area contributed by atoms with E-state index in [1.165, 1.54) is 6.33 Å². The molecule has 1 aromatic rings. The lowest BCUT2D eigenvalue weighted by Crippen LogP contribution is -2.29. The van der Waals surface area contributed by atoms with Gasteiger partial charge in [-0.05, 0) is 13.3 Å². The fourth-order valence-electron chi connectivity index (χ4n) is 1.31. The van der Waals surface area contributed by atoms with E-state index >= 15 is 0 Å². The SMILES string of the molecule is CCC(C)N(C)c1ncnc(N)c1OC. The van der Waals surface area contributed by atoms with E-state index in [0.29, 0.717) is 17.6 Å². The first-order chi connectivity index (χ1) is 7.11. The largest absolute Gasteiger partial charge is 0.490 e. The molecular weight excluding hydrogens is 192 g/mol. The van der Waals surface area contributed by atoms with Gasteiger partial charge >= 0.3 is 0 Å². The van der Waals surface area contributed by atoms with Crippen LogP contribution in [0.4, 0.5) is 11.6 Å². The van der Waals surface area contributed by atoms with Crippen LogP contribution in [0.3, 0.4) is 0 Å². The third kappa shape index (κ3) is 2.29. The number of anilines is 2. The Kier molecular flexibility index (Phi) is 3.71. The summed E-state index contributed by atoms with van der Waals surface area (Å²) in [6.45, 7) is 4.25. The highest BCUT2D eigenvalue weighted by Gasteiger charge is 2.16. The number of rotatable bonds is 4. The van der Waals surface area contributed by atoms with Crippen LogP contribution in [0.5, 0.6) is 5.75 Å². The van der Waals surface area contributed by atoms with E-state index in [4.69, 9.17) is 10.5 Å². The molecule has 0 bridgehead atoms. The Hall–Kier alpha value is -1.52. The topological polar surface area (TPSA) is 64.3 Å².